The quantitative estimate of drug-likeness (QED) is 0.461. The van der Waals surface area contributed by atoms with Gasteiger partial charge in [-0.3, -0.25) is 4.79 Å². The molecule has 1 amide bonds. The number of nitriles is 1. The Balaban J connectivity index is 5.21. The summed E-state index contributed by atoms with van der Waals surface area (Å²) < 4.78 is 0. The molecule has 0 aromatic heterocycles. The Hall–Kier alpha value is -1.58. The minimum absolute atomic E-state index is 0.0307. The molecule has 0 aromatic carbocycles. The van der Waals surface area contributed by atoms with Crippen molar-refractivity contribution in [2.24, 2.45) is 11.8 Å². The first-order chi connectivity index (χ1) is 10.3. The van der Waals surface area contributed by atoms with Gasteiger partial charge >= 0.3 is 0 Å². The van der Waals surface area contributed by atoms with Crippen LogP contribution in [-0.4, -0.2) is 65.3 Å². The second-order valence-electron chi connectivity index (χ2n) is 6.14. The second kappa shape index (κ2) is 11.0. The average molecular weight is 311 g/mol. The number of rotatable bonds is 10. The third-order valence-corrected chi connectivity index (χ3v) is 2.89. The average Bonchev–Trinajstić information content (AvgIpc) is 2.42. The van der Waals surface area contributed by atoms with E-state index in [1.54, 1.807) is 6.20 Å². The fraction of sp³-hybridized carbons (Fsp3) is 0.750. The normalized spacial score (nSPS) is 11.7. The highest BCUT2D eigenvalue weighted by Crippen LogP contribution is 2.09. The van der Waals surface area contributed by atoms with Gasteiger partial charge in [-0.05, 0) is 11.8 Å². The molecule has 0 aliphatic carbocycles. The standard InChI is InChI=1S/C16H29N3O3/c1-13(2)10-18(11-14(3)4)12-15(9-17)16(22)19(5-7-20)6-8-21/h12-14,20-21H,5-8,10-11H2,1-4H3/b15-12-. The molecular formula is C16H29N3O3. The maximum atomic E-state index is 12.3. The summed E-state index contributed by atoms with van der Waals surface area (Å²) in [5, 5.41) is 27.3. The van der Waals surface area contributed by atoms with Gasteiger partial charge in [-0.25, -0.2) is 0 Å². The van der Waals surface area contributed by atoms with Crippen LogP contribution in [0, 0.1) is 23.2 Å². The second-order valence-corrected chi connectivity index (χ2v) is 6.14. The van der Waals surface area contributed by atoms with Gasteiger partial charge in [-0.1, -0.05) is 27.7 Å². The lowest BCUT2D eigenvalue weighted by Crippen LogP contribution is -2.37. The molecular weight excluding hydrogens is 282 g/mol. The van der Waals surface area contributed by atoms with Crippen molar-refractivity contribution in [3.8, 4) is 6.07 Å². The van der Waals surface area contributed by atoms with Gasteiger partial charge in [0.05, 0.1) is 13.2 Å². The molecule has 0 spiro atoms. The molecule has 0 saturated carbocycles. The van der Waals surface area contributed by atoms with Crippen LogP contribution in [0.15, 0.2) is 11.8 Å². The van der Waals surface area contributed by atoms with Gasteiger partial charge < -0.3 is 20.0 Å². The Labute approximate surface area is 133 Å². The highest BCUT2D eigenvalue weighted by molar-refractivity contribution is 5.97. The minimum Gasteiger partial charge on any atom is -0.395 e. The Bertz CT molecular complexity index is 384. The number of aliphatic hydroxyl groups excluding tert-OH is 2. The summed E-state index contributed by atoms with van der Waals surface area (Å²) in [6.07, 6.45) is 1.60. The molecule has 22 heavy (non-hydrogen) atoms. The van der Waals surface area contributed by atoms with E-state index < -0.39 is 5.91 Å². The Morgan fingerprint density at radius 3 is 1.86 bits per heavy atom. The molecule has 2 N–H and O–H groups in total. The highest BCUT2D eigenvalue weighted by atomic mass is 16.3. The molecule has 0 heterocycles. The monoisotopic (exact) mass is 311 g/mol. The van der Waals surface area contributed by atoms with Crippen LogP contribution in [0.3, 0.4) is 0 Å². The van der Waals surface area contributed by atoms with Gasteiger partial charge in [0.2, 0.25) is 0 Å². The Kier molecular flexibility index (Phi) is 10.3. The van der Waals surface area contributed by atoms with Crippen LogP contribution in [-0.2, 0) is 4.79 Å². The molecule has 0 atom stereocenters. The smallest absolute Gasteiger partial charge is 0.266 e. The molecule has 126 valence electrons. The van der Waals surface area contributed by atoms with E-state index in [0.29, 0.717) is 11.8 Å². The molecule has 6 nitrogen and oxygen atoms in total. The summed E-state index contributed by atoms with van der Waals surface area (Å²) in [5.41, 5.74) is 0.0307. The van der Waals surface area contributed by atoms with E-state index in [1.807, 2.05) is 11.0 Å². The van der Waals surface area contributed by atoms with E-state index in [9.17, 15) is 10.1 Å². The number of amides is 1. The topological polar surface area (TPSA) is 87.8 Å². The predicted octanol–water partition coefficient (Wildman–Crippen LogP) is 0.821. The molecule has 6 heteroatoms. The SMILES string of the molecule is CC(C)CN(/C=C(/C#N)C(=O)N(CCO)CCO)CC(C)C. The minimum atomic E-state index is -0.455. The molecule has 0 aliphatic rings. The van der Waals surface area contributed by atoms with Gasteiger partial charge in [-0.15, -0.1) is 0 Å². The summed E-state index contributed by atoms with van der Waals surface area (Å²) in [6.45, 7) is 9.65. The van der Waals surface area contributed by atoms with Crippen molar-refractivity contribution in [1.29, 1.82) is 5.26 Å². The van der Waals surface area contributed by atoms with Crippen molar-refractivity contribution >= 4 is 5.91 Å². The number of carbonyl (C=O) groups excluding carboxylic acids is 1. The van der Waals surface area contributed by atoms with E-state index >= 15 is 0 Å². The third-order valence-electron chi connectivity index (χ3n) is 2.89. The maximum Gasteiger partial charge on any atom is 0.266 e. The third kappa shape index (κ3) is 8.01. The van der Waals surface area contributed by atoms with Gasteiger partial charge in [0.25, 0.3) is 5.91 Å². The fourth-order valence-electron chi connectivity index (χ4n) is 2.16. The summed E-state index contributed by atoms with van der Waals surface area (Å²) in [6, 6.07) is 1.94. The lowest BCUT2D eigenvalue weighted by molar-refractivity contribution is -0.127. The molecule has 0 fully saturated rings. The molecule has 0 saturated heterocycles. The summed E-state index contributed by atoms with van der Waals surface area (Å²) in [5.74, 6) is 0.371. The van der Waals surface area contributed by atoms with Crippen LogP contribution in [0.25, 0.3) is 0 Å². The van der Waals surface area contributed by atoms with Gasteiger partial charge in [0.15, 0.2) is 0 Å². The van der Waals surface area contributed by atoms with Crippen molar-refractivity contribution in [2.75, 3.05) is 39.4 Å². The zero-order valence-electron chi connectivity index (χ0n) is 14.1. The Morgan fingerprint density at radius 2 is 1.55 bits per heavy atom. The van der Waals surface area contributed by atoms with Crippen molar-refractivity contribution < 1.29 is 15.0 Å². The zero-order chi connectivity index (χ0) is 17.1. The van der Waals surface area contributed by atoms with Crippen LogP contribution in [0.4, 0.5) is 0 Å². The molecule has 0 bridgehead atoms. The number of carbonyl (C=O) groups is 1. The summed E-state index contributed by atoms with van der Waals surface area (Å²) in [7, 11) is 0. The van der Waals surface area contributed by atoms with Crippen molar-refractivity contribution in [1.82, 2.24) is 9.80 Å². The maximum absolute atomic E-state index is 12.3. The fourth-order valence-corrected chi connectivity index (χ4v) is 2.16. The lowest BCUT2D eigenvalue weighted by Gasteiger charge is -2.26. The van der Waals surface area contributed by atoms with Crippen LogP contribution in [0.2, 0.25) is 0 Å². The first-order valence-corrected chi connectivity index (χ1v) is 7.72. The predicted molar refractivity (Wildman–Crippen MR) is 85.7 cm³/mol. The van der Waals surface area contributed by atoms with Crippen molar-refractivity contribution in [3.05, 3.63) is 11.8 Å². The van der Waals surface area contributed by atoms with E-state index in [-0.39, 0.29) is 31.9 Å². The Morgan fingerprint density at radius 1 is 1.09 bits per heavy atom. The van der Waals surface area contributed by atoms with E-state index in [2.05, 4.69) is 27.7 Å². The molecule has 0 rings (SSSR count). The number of nitrogens with zero attached hydrogens (tertiary/aromatic N) is 3. The molecule has 0 radical (unpaired) electrons. The number of aliphatic hydroxyl groups is 2. The molecule has 0 aromatic rings. The first-order valence-electron chi connectivity index (χ1n) is 7.72. The van der Waals surface area contributed by atoms with Gasteiger partial charge in [0.1, 0.15) is 11.6 Å². The number of hydrogen-bond donors (Lipinski definition) is 2. The van der Waals surface area contributed by atoms with Crippen molar-refractivity contribution in [2.45, 2.75) is 27.7 Å². The van der Waals surface area contributed by atoms with E-state index in [0.717, 1.165) is 13.1 Å². The van der Waals surface area contributed by atoms with E-state index in [1.165, 1.54) is 4.90 Å². The summed E-state index contributed by atoms with van der Waals surface area (Å²) in [4.78, 5) is 15.6. The lowest BCUT2D eigenvalue weighted by atomic mass is 10.1. The molecule has 0 aliphatic heterocycles. The van der Waals surface area contributed by atoms with Crippen LogP contribution in [0.5, 0.6) is 0 Å². The van der Waals surface area contributed by atoms with Crippen LogP contribution in [0.1, 0.15) is 27.7 Å². The largest absolute Gasteiger partial charge is 0.395 e. The van der Waals surface area contributed by atoms with Gasteiger partial charge in [-0.2, -0.15) is 5.26 Å². The van der Waals surface area contributed by atoms with Crippen LogP contribution < -0.4 is 0 Å². The first kappa shape index (κ1) is 20.4. The highest BCUT2D eigenvalue weighted by Gasteiger charge is 2.19. The summed E-state index contributed by atoms with van der Waals surface area (Å²) >= 11 is 0. The zero-order valence-corrected chi connectivity index (χ0v) is 14.1. The van der Waals surface area contributed by atoms with Gasteiger partial charge in [0, 0.05) is 32.4 Å². The van der Waals surface area contributed by atoms with E-state index in [4.69, 9.17) is 10.2 Å². The van der Waals surface area contributed by atoms with Crippen LogP contribution >= 0.6 is 0 Å². The molecule has 0 unspecified atom stereocenters. The van der Waals surface area contributed by atoms with Crippen molar-refractivity contribution in [3.63, 3.8) is 0 Å². The number of hydrogen-bond acceptors (Lipinski definition) is 5.